The predicted octanol–water partition coefficient (Wildman–Crippen LogP) is 2.87. The van der Waals surface area contributed by atoms with Crippen LogP contribution in [-0.2, 0) is 11.2 Å². The van der Waals surface area contributed by atoms with Crippen molar-refractivity contribution >= 4 is 33.4 Å². The summed E-state index contributed by atoms with van der Waals surface area (Å²) in [6, 6.07) is 12.5. The van der Waals surface area contributed by atoms with E-state index in [1.54, 1.807) is 30.3 Å². The number of primary amides is 1. The van der Waals surface area contributed by atoms with Crippen molar-refractivity contribution in [2.75, 3.05) is 5.32 Å². The highest BCUT2D eigenvalue weighted by molar-refractivity contribution is 9.10. The number of nitrogens with one attached hydrogen (secondary N) is 1. The van der Waals surface area contributed by atoms with Gasteiger partial charge in [-0.25, -0.2) is 4.39 Å². The number of alkyl halides is 1. The molecule has 0 aliphatic carbocycles. The van der Waals surface area contributed by atoms with Crippen LogP contribution >= 0.6 is 15.9 Å². The number of nitrogens with two attached hydrogens (primary N) is 1. The van der Waals surface area contributed by atoms with E-state index in [2.05, 4.69) is 21.2 Å². The lowest BCUT2D eigenvalue weighted by atomic mass is 10.1. The molecular formula is C16H14BrFN2O2. The largest absolute Gasteiger partial charge is 0.366 e. The van der Waals surface area contributed by atoms with Crippen LogP contribution in [0.2, 0.25) is 0 Å². The lowest BCUT2D eigenvalue weighted by molar-refractivity contribution is -0.115. The molecule has 0 heterocycles. The minimum Gasteiger partial charge on any atom is -0.366 e. The molecule has 1 atom stereocenters. The molecule has 0 aliphatic rings. The summed E-state index contributed by atoms with van der Waals surface area (Å²) < 4.78 is 13.6. The Balaban J connectivity index is 1.99. The van der Waals surface area contributed by atoms with Crippen LogP contribution in [0.25, 0.3) is 0 Å². The normalized spacial score (nSPS) is 11.7. The Morgan fingerprint density at radius 3 is 2.36 bits per heavy atom. The Hall–Kier alpha value is -2.21. The molecule has 4 nitrogen and oxygen atoms in total. The van der Waals surface area contributed by atoms with Gasteiger partial charge in [0.05, 0.1) is 4.83 Å². The first-order valence-electron chi connectivity index (χ1n) is 6.55. The topological polar surface area (TPSA) is 72.2 Å². The van der Waals surface area contributed by atoms with Crippen molar-refractivity contribution in [3.63, 3.8) is 0 Å². The van der Waals surface area contributed by atoms with Crippen LogP contribution in [0.1, 0.15) is 15.9 Å². The molecule has 1 unspecified atom stereocenters. The molecule has 0 saturated carbocycles. The van der Waals surface area contributed by atoms with Gasteiger partial charge in [0.2, 0.25) is 11.8 Å². The van der Waals surface area contributed by atoms with Gasteiger partial charge in [-0.15, -0.1) is 0 Å². The lowest BCUT2D eigenvalue weighted by Gasteiger charge is -2.11. The summed E-state index contributed by atoms with van der Waals surface area (Å²) in [5.74, 6) is -1.17. The van der Waals surface area contributed by atoms with Crippen molar-refractivity contribution in [2.45, 2.75) is 11.2 Å². The highest BCUT2D eigenvalue weighted by atomic mass is 79.9. The lowest BCUT2D eigenvalue weighted by Crippen LogP contribution is -2.25. The molecule has 0 bridgehead atoms. The average molecular weight is 365 g/mol. The number of carbonyl (C=O) groups excluding carboxylic acids is 2. The fourth-order valence-electron chi connectivity index (χ4n) is 1.89. The molecule has 2 amide bonds. The Morgan fingerprint density at radius 1 is 1.14 bits per heavy atom. The van der Waals surface area contributed by atoms with E-state index in [-0.39, 0.29) is 18.1 Å². The highest BCUT2D eigenvalue weighted by Crippen LogP contribution is 2.16. The van der Waals surface area contributed by atoms with Crippen LogP contribution in [0, 0.1) is 5.82 Å². The fraction of sp³-hybridized carbons (Fsp3) is 0.125. The van der Waals surface area contributed by atoms with Crippen molar-refractivity contribution in [1.82, 2.24) is 0 Å². The summed E-state index contributed by atoms with van der Waals surface area (Å²) >= 11 is 3.26. The monoisotopic (exact) mass is 364 g/mol. The standard InChI is InChI=1S/C16H14BrFN2O2/c17-13(9-11-3-1-2-4-14(11)18)16(22)20-12-7-5-10(6-8-12)15(19)21/h1-8,13H,9H2,(H2,19,21)(H,20,22). The third-order valence-corrected chi connectivity index (χ3v) is 3.82. The first-order chi connectivity index (χ1) is 10.5. The van der Waals surface area contributed by atoms with Crippen molar-refractivity contribution in [3.05, 3.63) is 65.5 Å². The van der Waals surface area contributed by atoms with E-state index in [4.69, 9.17) is 5.73 Å². The van der Waals surface area contributed by atoms with Crippen LogP contribution < -0.4 is 11.1 Å². The van der Waals surface area contributed by atoms with Gasteiger partial charge >= 0.3 is 0 Å². The molecule has 0 spiro atoms. The van der Waals surface area contributed by atoms with Gasteiger partial charge in [0.15, 0.2) is 0 Å². The van der Waals surface area contributed by atoms with Gasteiger partial charge in [0.1, 0.15) is 5.82 Å². The predicted molar refractivity (Wildman–Crippen MR) is 86.4 cm³/mol. The maximum Gasteiger partial charge on any atom is 0.248 e. The van der Waals surface area contributed by atoms with Gasteiger partial charge < -0.3 is 11.1 Å². The van der Waals surface area contributed by atoms with Crippen molar-refractivity contribution < 1.29 is 14.0 Å². The number of carbonyl (C=O) groups is 2. The first kappa shape index (κ1) is 16.2. The van der Waals surface area contributed by atoms with Gasteiger partial charge in [-0.2, -0.15) is 0 Å². The summed E-state index contributed by atoms with van der Waals surface area (Å²) in [5.41, 5.74) is 6.50. The van der Waals surface area contributed by atoms with E-state index < -0.39 is 10.7 Å². The second-order valence-corrected chi connectivity index (χ2v) is 5.80. The number of anilines is 1. The van der Waals surface area contributed by atoms with Crippen LogP contribution in [0.3, 0.4) is 0 Å². The zero-order valence-electron chi connectivity index (χ0n) is 11.6. The van der Waals surface area contributed by atoms with Gasteiger partial charge in [-0.3, -0.25) is 9.59 Å². The fourth-order valence-corrected chi connectivity index (χ4v) is 2.35. The Labute approximate surface area is 135 Å². The Bertz CT molecular complexity index is 689. The Morgan fingerprint density at radius 2 is 1.77 bits per heavy atom. The van der Waals surface area contributed by atoms with Gasteiger partial charge in [0, 0.05) is 11.3 Å². The summed E-state index contributed by atoms with van der Waals surface area (Å²) in [4.78, 5) is 22.5. The van der Waals surface area contributed by atoms with Gasteiger partial charge in [-0.1, -0.05) is 34.1 Å². The van der Waals surface area contributed by atoms with E-state index in [1.165, 1.54) is 18.2 Å². The molecule has 22 heavy (non-hydrogen) atoms. The minimum absolute atomic E-state index is 0.234. The van der Waals surface area contributed by atoms with Gasteiger partial charge in [-0.05, 0) is 42.3 Å². The molecule has 2 rings (SSSR count). The molecule has 0 radical (unpaired) electrons. The molecule has 2 aromatic rings. The molecule has 0 aromatic heterocycles. The van der Waals surface area contributed by atoms with Crippen LogP contribution in [-0.4, -0.2) is 16.6 Å². The number of amides is 2. The van der Waals surface area contributed by atoms with Crippen molar-refractivity contribution in [3.8, 4) is 0 Å². The van der Waals surface area contributed by atoms with E-state index in [0.29, 0.717) is 16.8 Å². The summed E-state index contributed by atoms with van der Waals surface area (Å²) in [6.45, 7) is 0. The van der Waals surface area contributed by atoms with Crippen LogP contribution in [0.15, 0.2) is 48.5 Å². The van der Waals surface area contributed by atoms with Crippen molar-refractivity contribution in [2.24, 2.45) is 5.73 Å². The Kier molecular flexibility index (Phi) is 5.27. The molecule has 114 valence electrons. The third-order valence-electron chi connectivity index (χ3n) is 3.08. The summed E-state index contributed by atoms with van der Waals surface area (Å²) in [7, 11) is 0. The molecule has 0 saturated heterocycles. The quantitative estimate of drug-likeness (QED) is 0.800. The number of halogens is 2. The number of rotatable bonds is 5. The molecule has 3 N–H and O–H groups in total. The van der Waals surface area contributed by atoms with E-state index >= 15 is 0 Å². The average Bonchev–Trinajstić information content (AvgIpc) is 2.50. The van der Waals surface area contributed by atoms with Crippen molar-refractivity contribution in [1.29, 1.82) is 0 Å². The second-order valence-electron chi connectivity index (χ2n) is 4.69. The van der Waals surface area contributed by atoms with Crippen LogP contribution in [0.4, 0.5) is 10.1 Å². The number of hydrogen-bond acceptors (Lipinski definition) is 2. The number of benzene rings is 2. The maximum absolute atomic E-state index is 13.6. The third kappa shape index (κ3) is 4.14. The van der Waals surface area contributed by atoms with E-state index in [0.717, 1.165) is 0 Å². The van der Waals surface area contributed by atoms with Crippen LogP contribution in [0.5, 0.6) is 0 Å². The molecule has 6 heteroatoms. The minimum atomic E-state index is -0.569. The zero-order chi connectivity index (χ0) is 16.1. The van der Waals surface area contributed by atoms with E-state index in [1.807, 2.05) is 0 Å². The highest BCUT2D eigenvalue weighted by Gasteiger charge is 2.17. The zero-order valence-corrected chi connectivity index (χ0v) is 13.1. The first-order valence-corrected chi connectivity index (χ1v) is 7.47. The molecule has 0 aliphatic heterocycles. The smallest absolute Gasteiger partial charge is 0.248 e. The number of hydrogen-bond donors (Lipinski definition) is 2. The molecule has 0 fully saturated rings. The van der Waals surface area contributed by atoms with Gasteiger partial charge in [0.25, 0.3) is 0 Å². The SMILES string of the molecule is NC(=O)c1ccc(NC(=O)C(Br)Cc2ccccc2F)cc1. The molecular weight excluding hydrogens is 351 g/mol. The summed E-state index contributed by atoms with van der Waals surface area (Å²) in [6.07, 6.45) is 0.234. The van der Waals surface area contributed by atoms with E-state index in [9.17, 15) is 14.0 Å². The second kappa shape index (κ2) is 7.17. The summed E-state index contributed by atoms with van der Waals surface area (Å²) in [5, 5.41) is 2.69. The molecule has 2 aromatic carbocycles. The maximum atomic E-state index is 13.6.